The minimum Gasteiger partial charge on any atom is -0.462 e. The number of nitrogens with zero attached hydrogens (tertiary/aromatic N) is 2. The SMILES string of the molecule is CCOC(=O)c1ccc(N2CCN(CC3CCCCO3)C2=O)cc1. The summed E-state index contributed by atoms with van der Waals surface area (Å²) in [5.41, 5.74) is 1.31. The number of carbonyl (C=O) groups is 2. The minimum atomic E-state index is -0.340. The first-order chi connectivity index (χ1) is 11.7. The monoisotopic (exact) mass is 332 g/mol. The molecule has 0 spiro atoms. The van der Waals surface area contributed by atoms with Crippen LogP contribution in [0, 0.1) is 0 Å². The Kier molecular flexibility index (Phi) is 5.35. The maximum atomic E-state index is 12.6. The lowest BCUT2D eigenvalue weighted by Crippen LogP contribution is -2.39. The van der Waals surface area contributed by atoms with Crippen molar-refractivity contribution in [2.75, 3.05) is 37.7 Å². The summed E-state index contributed by atoms with van der Waals surface area (Å²) >= 11 is 0. The van der Waals surface area contributed by atoms with Crippen LogP contribution in [0.25, 0.3) is 0 Å². The van der Waals surface area contributed by atoms with E-state index < -0.39 is 0 Å². The summed E-state index contributed by atoms with van der Waals surface area (Å²) in [7, 11) is 0. The van der Waals surface area contributed by atoms with Crippen LogP contribution in [-0.2, 0) is 9.47 Å². The molecule has 0 bridgehead atoms. The summed E-state index contributed by atoms with van der Waals surface area (Å²) in [6.07, 6.45) is 3.47. The second-order valence-corrected chi connectivity index (χ2v) is 6.14. The van der Waals surface area contributed by atoms with Crippen LogP contribution in [0.1, 0.15) is 36.5 Å². The van der Waals surface area contributed by atoms with E-state index >= 15 is 0 Å². The molecular formula is C18H24N2O4. The number of benzene rings is 1. The van der Waals surface area contributed by atoms with Gasteiger partial charge in [-0.1, -0.05) is 0 Å². The van der Waals surface area contributed by atoms with Crippen LogP contribution >= 0.6 is 0 Å². The number of carbonyl (C=O) groups excluding carboxylic acids is 2. The van der Waals surface area contributed by atoms with Gasteiger partial charge in [0.15, 0.2) is 0 Å². The average Bonchev–Trinajstić information content (AvgIpc) is 2.97. The predicted octanol–water partition coefficient (Wildman–Crippen LogP) is 2.67. The van der Waals surface area contributed by atoms with Crippen LogP contribution in [0.15, 0.2) is 24.3 Å². The van der Waals surface area contributed by atoms with Gasteiger partial charge in [-0.05, 0) is 50.5 Å². The lowest BCUT2D eigenvalue weighted by atomic mass is 10.1. The first-order valence-electron chi connectivity index (χ1n) is 8.64. The smallest absolute Gasteiger partial charge is 0.338 e. The Bertz CT molecular complexity index is 581. The van der Waals surface area contributed by atoms with Crippen LogP contribution in [0.2, 0.25) is 0 Å². The van der Waals surface area contributed by atoms with E-state index in [-0.39, 0.29) is 18.1 Å². The first kappa shape index (κ1) is 16.8. The summed E-state index contributed by atoms with van der Waals surface area (Å²) in [4.78, 5) is 27.9. The van der Waals surface area contributed by atoms with E-state index in [1.54, 1.807) is 36.1 Å². The number of anilines is 1. The highest BCUT2D eigenvalue weighted by atomic mass is 16.5. The quantitative estimate of drug-likeness (QED) is 0.778. The van der Waals surface area contributed by atoms with Gasteiger partial charge in [0.1, 0.15) is 0 Å². The maximum Gasteiger partial charge on any atom is 0.338 e. The highest BCUT2D eigenvalue weighted by molar-refractivity contribution is 5.95. The molecule has 2 aliphatic heterocycles. The molecule has 2 fully saturated rings. The van der Waals surface area contributed by atoms with Gasteiger partial charge in [0.05, 0.1) is 18.3 Å². The number of hydrogen-bond acceptors (Lipinski definition) is 4. The highest BCUT2D eigenvalue weighted by Gasteiger charge is 2.31. The number of urea groups is 1. The van der Waals surface area contributed by atoms with E-state index in [4.69, 9.17) is 9.47 Å². The van der Waals surface area contributed by atoms with E-state index in [0.29, 0.717) is 31.8 Å². The molecule has 1 aromatic rings. The third kappa shape index (κ3) is 3.70. The highest BCUT2D eigenvalue weighted by Crippen LogP contribution is 2.23. The molecule has 3 rings (SSSR count). The van der Waals surface area contributed by atoms with Crippen LogP contribution in [0.4, 0.5) is 10.5 Å². The Balaban J connectivity index is 1.61. The summed E-state index contributed by atoms with van der Waals surface area (Å²) in [5.74, 6) is -0.340. The zero-order valence-corrected chi connectivity index (χ0v) is 14.1. The summed E-state index contributed by atoms with van der Waals surface area (Å²) in [6, 6.07) is 7.00. The van der Waals surface area contributed by atoms with Crippen molar-refractivity contribution in [3.63, 3.8) is 0 Å². The summed E-state index contributed by atoms with van der Waals surface area (Å²) in [6.45, 7) is 4.95. The molecule has 1 unspecified atom stereocenters. The molecule has 1 aromatic carbocycles. The number of rotatable bonds is 5. The fourth-order valence-electron chi connectivity index (χ4n) is 3.18. The van der Waals surface area contributed by atoms with Crippen LogP contribution in [0.5, 0.6) is 0 Å². The standard InChI is InChI=1S/C18H24N2O4/c1-2-23-17(21)14-6-8-15(9-7-14)20-11-10-19(18(20)22)13-16-5-3-4-12-24-16/h6-9,16H,2-5,10-13H2,1H3. The van der Waals surface area contributed by atoms with E-state index in [0.717, 1.165) is 25.1 Å². The third-order valence-electron chi connectivity index (χ3n) is 4.48. The zero-order valence-electron chi connectivity index (χ0n) is 14.1. The van der Waals surface area contributed by atoms with Crippen molar-refractivity contribution in [1.82, 2.24) is 4.90 Å². The molecule has 0 aromatic heterocycles. The minimum absolute atomic E-state index is 0.00746. The molecule has 130 valence electrons. The molecule has 0 radical (unpaired) electrons. The van der Waals surface area contributed by atoms with Gasteiger partial charge in [-0.3, -0.25) is 4.90 Å². The number of esters is 1. The second kappa shape index (κ2) is 7.66. The van der Waals surface area contributed by atoms with Gasteiger partial charge in [0.2, 0.25) is 0 Å². The van der Waals surface area contributed by atoms with Crippen molar-refractivity contribution in [2.24, 2.45) is 0 Å². The second-order valence-electron chi connectivity index (χ2n) is 6.14. The van der Waals surface area contributed by atoms with Crippen molar-refractivity contribution < 1.29 is 19.1 Å². The number of amides is 2. The predicted molar refractivity (Wildman–Crippen MR) is 90.3 cm³/mol. The van der Waals surface area contributed by atoms with Gasteiger partial charge < -0.3 is 14.4 Å². The van der Waals surface area contributed by atoms with Gasteiger partial charge in [0, 0.05) is 31.9 Å². The first-order valence-corrected chi connectivity index (χ1v) is 8.64. The molecule has 0 N–H and O–H groups in total. The molecule has 24 heavy (non-hydrogen) atoms. The maximum absolute atomic E-state index is 12.6. The Hall–Kier alpha value is -2.08. The van der Waals surface area contributed by atoms with Crippen molar-refractivity contribution in [1.29, 1.82) is 0 Å². The van der Waals surface area contributed by atoms with E-state index in [1.807, 2.05) is 4.90 Å². The van der Waals surface area contributed by atoms with Crippen molar-refractivity contribution in [3.05, 3.63) is 29.8 Å². The molecule has 0 saturated carbocycles. The Morgan fingerprint density at radius 3 is 2.71 bits per heavy atom. The van der Waals surface area contributed by atoms with E-state index in [2.05, 4.69) is 0 Å². The molecule has 0 aliphatic carbocycles. The molecule has 2 aliphatic rings. The number of ether oxygens (including phenoxy) is 2. The van der Waals surface area contributed by atoms with E-state index in [9.17, 15) is 9.59 Å². The lowest BCUT2D eigenvalue weighted by Gasteiger charge is -2.27. The van der Waals surface area contributed by atoms with Crippen molar-refractivity contribution in [3.8, 4) is 0 Å². The normalized spacial score (nSPS) is 21.2. The fourth-order valence-corrected chi connectivity index (χ4v) is 3.18. The van der Waals surface area contributed by atoms with Gasteiger partial charge in [-0.2, -0.15) is 0 Å². The van der Waals surface area contributed by atoms with Gasteiger partial charge >= 0.3 is 12.0 Å². The van der Waals surface area contributed by atoms with Crippen LogP contribution in [0.3, 0.4) is 0 Å². The van der Waals surface area contributed by atoms with Crippen molar-refractivity contribution in [2.45, 2.75) is 32.3 Å². The summed E-state index contributed by atoms with van der Waals surface area (Å²) < 4.78 is 10.7. The van der Waals surface area contributed by atoms with Crippen LogP contribution < -0.4 is 4.90 Å². The Morgan fingerprint density at radius 1 is 1.25 bits per heavy atom. The van der Waals surface area contributed by atoms with Gasteiger partial charge in [0.25, 0.3) is 0 Å². The van der Waals surface area contributed by atoms with Crippen molar-refractivity contribution >= 4 is 17.7 Å². The third-order valence-corrected chi connectivity index (χ3v) is 4.48. The molecule has 2 amide bonds. The molecule has 6 nitrogen and oxygen atoms in total. The zero-order chi connectivity index (χ0) is 16.9. The molecule has 2 saturated heterocycles. The molecule has 2 heterocycles. The Labute approximate surface area is 142 Å². The van der Waals surface area contributed by atoms with Crippen LogP contribution in [-0.4, -0.2) is 55.9 Å². The molecule has 1 atom stereocenters. The van der Waals surface area contributed by atoms with E-state index in [1.165, 1.54) is 6.42 Å². The summed E-state index contributed by atoms with van der Waals surface area (Å²) in [5, 5.41) is 0. The largest absolute Gasteiger partial charge is 0.462 e. The average molecular weight is 332 g/mol. The fraction of sp³-hybridized carbons (Fsp3) is 0.556. The topological polar surface area (TPSA) is 59.1 Å². The Morgan fingerprint density at radius 2 is 2.04 bits per heavy atom. The molecule has 6 heteroatoms. The molecular weight excluding hydrogens is 308 g/mol. The lowest BCUT2D eigenvalue weighted by molar-refractivity contribution is 0.00338. The van der Waals surface area contributed by atoms with Gasteiger partial charge in [-0.15, -0.1) is 0 Å². The van der Waals surface area contributed by atoms with Gasteiger partial charge in [-0.25, -0.2) is 9.59 Å². The number of hydrogen-bond donors (Lipinski definition) is 0.